The number of amides is 1. The maximum Gasteiger partial charge on any atom is 0.269 e. The highest BCUT2D eigenvalue weighted by atomic mass is 32.2. The third-order valence-electron chi connectivity index (χ3n) is 5.39. The van der Waals surface area contributed by atoms with Gasteiger partial charge in [0.2, 0.25) is 0 Å². The minimum atomic E-state index is -0.208. The molecule has 0 spiro atoms. The molecule has 1 saturated heterocycles. The van der Waals surface area contributed by atoms with E-state index in [1.165, 1.54) is 11.8 Å². The van der Waals surface area contributed by atoms with Crippen LogP contribution < -0.4 is 10.2 Å². The lowest BCUT2D eigenvalue weighted by molar-refractivity contribution is 0.0947. The van der Waals surface area contributed by atoms with E-state index in [4.69, 9.17) is 9.72 Å². The van der Waals surface area contributed by atoms with E-state index in [1.807, 2.05) is 41.3 Å². The van der Waals surface area contributed by atoms with E-state index in [0.717, 1.165) is 40.8 Å². The van der Waals surface area contributed by atoms with Crippen LogP contribution in [-0.2, 0) is 11.3 Å². The van der Waals surface area contributed by atoms with Crippen LogP contribution >= 0.6 is 11.8 Å². The summed E-state index contributed by atoms with van der Waals surface area (Å²) in [5, 5.41) is 10.1. The number of morpholine rings is 1. The Morgan fingerprint density at radius 1 is 1.12 bits per heavy atom. The number of thioether (sulfide) groups is 1. The Labute approximate surface area is 189 Å². The quantitative estimate of drug-likeness (QED) is 0.354. The summed E-state index contributed by atoms with van der Waals surface area (Å²) >= 11 is 1.50. The number of hydrogen-bond acceptors (Lipinski definition) is 8. The van der Waals surface area contributed by atoms with Gasteiger partial charge in [0.05, 0.1) is 36.9 Å². The van der Waals surface area contributed by atoms with E-state index in [9.17, 15) is 4.79 Å². The predicted molar refractivity (Wildman–Crippen MR) is 124 cm³/mol. The minimum absolute atomic E-state index is 0.208. The van der Waals surface area contributed by atoms with Gasteiger partial charge in [-0.1, -0.05) is 36.0 Å². The Bertz CT molecular complexity index is 1270. The molecule has 1 amide bonds. The first kappa shape index (κ1) is 20.7. The molecular weight excluding hydrogens is 426 g/mol. The van der Waals surface area contributed by atoms with Crippen LogP contribution in [0, 0.1) is 0 Å². The lowest BCUT2D eigenvalue weighted by atomic mass is 10.2. The largest absolute Gasteiger partial charge is 0.378 e. The van der Waals surface area contributed by atoms with Crippen molar-refractivity contribution in [3.63, 3.8) is 0 Å². The van der Waals surface area contributed by atoms with Crippen LogP contribution in [-0.4, -0.2) is 69.7 Å². The molecule has 1 N–H and O–H groups in total. The Morgan fingerprint density at radius 3 is 2.81 bits per heavy atom. The molecule has 32 heavy (non-hydrogen) atoms. The molecule has 0 atom stereocenters. The molecule has 3 aromatic heterocycles. The summed E-state index contributed by atoms with van der Waals surface area (Å²) in [4.78, 5) is 28.6. The van der Waals surface area contributed by atoms with Gasteiger partial charge in [0.1, 0.15) is 11.5 Å². The zero-order chi connectivity index (χ0) is 21.9. The molecule has 1 aromatic carbocycles. The van der Waals surface area contributed by atoms with Crippen molar-refractivity contribution in [3.05, 3.63) is 48.3 Å². The van der Waals surface area contributed by atoms with Gasteiger partial charge in [-0.05, 0) is 18.4 Å². The molecule has 5 rings (SSSR count). The molecule has 0 aliphatic carbocycles. The van der Waals surface area contributed by atoms with Crippen LogP contribution in [0.15, 0.2) is 47.8 Å². The van der Waals surface area contributed by atoms with E-state index >= 15 is 0 Å². The van der Waals surface area contributed by atoms with Gasteiger partial charge in [-0.2, -0.15) is 5.10 Å². The fourth-order valence-electron chi connectivity index (χ4n) is 3.75. The Morgan fingerprint density at radius 2 is 1.97 bits per heavy atom. The summed E-state index contributed by atoms with van der Waals surface area (Å²) in [6.45, 7) is 3.86. The predicted octanol–water partition coefficient (Wildman–Crippen LogP) is 2.36. The zero-order valence-corrected chi connectivity index (χ0v) is 18.5. The van der Waals surface area contributed by atoms with Gasteiger partial charge >= 0.3 is 0 Å². The topological polar surface area (TPSA) is 98.1 Å². The summed E-state index contributed by atoms with van der Waals surface area (Å²) in [6, 6.07) is 11.4. The van der Waals surface area contributed by atoms with Gasteiger partial charge < -0.3 is 15.0 Å². The molecule has 4 aromatic rings. The number of pyridine rings is 1. The zero-order valence-electron chi connectivity index (χ0n) is 17.7. The summed E-state index contributed by atoms with van der Waals surface area (Å²) in [5.41, 5.74) is 1.97. The van der Waals surface area contributed by atoms with Crippen molar-refractivity contribution in [2.24, 2.45) is 0 Å². The second-order valence-corrected chi connectivity index (χ2v) is 8.16. The van der Waals surface area contributed by atoms with Gasteiger partial charge in [-0.3, -0.25) is 4.79 Å². The number of para-hydroxylation sites is 1. The van der Waals surface area contributed by atoms with Crippen molar-refractivity contribution in [1.82, 2.24) is 30.0 Å². The van der Waals surface area contributed by atoms with Crippen molar-refractivity contribution >= 4 is 45.4 Å². The van der Waals surface area contributed by atoms with Crippen molar-refractivity contribution in [3.8, 4) is 0 Å². The molecular formula is C22H23N7O2S. The van der Waals surface area contributed by atoms with Crippen LogP contribution in [0.3, 0.4) is 0 Å². The highest BCUT2D eigenvalue weighted by Gasteiger charge is 2.20. The fraction of sp³-hybridized carbons (Fsp3) is 0.318. The number of hydrogen-bond donors (Lipinski definition) is 1. The standard InChI is InChI=1S/C22H23N7O2S/c1-32-22-26-19(28-10-12-31-13-11-28)16-14-24-29(20(16)27-22)9-8-23-21(30)18-7-6-15-4-2-3-5-17(15)25-18/h2-7,14H,8-13H2,1H3,(H,23,30). The molecule has 164 valence electrons. The number of aromatic nitrogens is 5. The van der Waals surface area contributed by atoms with Crippen LogP contribution in [0.5, 0.6) is 0 Å². The van der Waals surface area contributed by atoms with Crippen molar-refractivity contribution in [2.75, 3.05) is 44.0 Å². The molecule has 1 aliphatic rings. The van der Waals surface area contributed by atoms with Crippen LogP contribution in [0.25, 0.3) is 21.9 Å². The molecule has 0 saturated carbocycles. The normalized spacial score (nSPS) is 14.2. The van der Waals surface area contributed by atoms with E-state index < -0.39 is 0 Å². The first-order valence-corrected chi connectivity index (χ1v) is 11.7. The van der Waals surface area contributed by atoms with Gasteiger partial charge in [-0.25, -0.2) is 19.6 Å². The summed E-state index contributed by atoms with van der Waals surface area (Å²) in [5.74, 6) is 0.680. The smallest absolute Gasteiger partial charge is 0.269 e. The van der Waals surface area contributed by atoms with Crippen LogP contribution in [0.2, 0.25) is 0 Å². The SMILES string of the molecule is CSc1nc(N2CCOCC2)c2cnn(CCNC(=O)c3ccc4ccccc4n3)c2n1. The Balaban J connectivity index is 1.32. The van der Waals surface area contributed by atoms with Gasteiger partial charge in [0, 0.05) is 25.0 Å². The maximum atomic E-state index is 12.6. The average molecular weight is 450 g/mol. The Kier molecular flexibility index (Phi) is 5.87. The molecule has 10 heteroatoms. The fourth-order valence-corrected chi connectivity index (χ4v) is 4.11. The molecule has 0 radical (unpaired) electrons. The number of nitrogens with one attached hydrogen (secondary N) is 1. The summed E-state index contributed by atoms with van der Waals surface area (Å²) in [7, 11) is 0. The minimum Gasteiger partial charge on any atom is -0.378 e. The monoisotopic (exact) mass is 449 g/mol. The van der Waals surface area contributed by atoms with E-state index in [1.54, 1.807) is 12.3 Å². The van der Waals surface area contributed by atoms with E-state index in [0.29, 0.717) is 37.2 Å². The number of fused-ring (bicyclic) bond motifs is 2. The Hall–Kier alpha value is -3.24. The highest BCUT2D eigenvalue weighted by Crippen LogP contribution is 2.27. The van der Waals surface area contributed by atoms with E-state index in [-0.39, 0.29) is 5.91 Å². The van der Waals surface area contributed by atoms with Crippen LogP contribution in [0.1, 0.15) is 10.5 Å². The van der Waals surface area contributed by atoms with Gasteiger partial charge in [-0.15, -0.1) is 0 Å². The number of nitrogens with zero attached hydrogens (tertiary/aromatic N) is 6. The van der Waals surface area contributed by atoms with Crippen molar-refractivity contribution in [2.45, 2.75) is 11.7 Å². The average Bonchev–Trinajstić information content (AvgIpc) is 3.26. The molecule has 0 unspecified atom stereocenters. The van der Waals surface area contributed by atoms with E-state index in [2.05, 4.69) is 25.3 Å². The third kappa shape index (κ3) is 4.11. The molecule has 1 fully saturated rings. The lowest BCUT2D eigenvalue weighted by Gasteiger charge is -2.28. The molecule has 1 aliphatic heterocycles. The summed E-state index contributed by atoms with van der Waals surface area (Å²) in [6.07, 6.45) is 3.76. The molecule has 9 nitrogen and oxygen atoms in total. The second kappa shape index (κ2) is 9.09. The van der Waals surface area contributed by atoms with Gasteiger partial charge in [0.25, 0.3) is 5.91 Å². The van der Waals surface area contributed by atoms with Crippen molar-refractivity contribution < 1.29 is 9.53 Å². The third-order valence-corrected chi connectivity index (χ3v) is 5.94. The number of carbonyl (C=O) groups is 1. The number of anilines is 1. The molecule has 4 heterocycles. The first-order valence-electron chi connectivity index (χ1n) is 10.5. The highest BCUT2D eigenvalue weighted by molar-refractivity contribution is 7.98. The maximum absolute atomic E-state index is 12.6. The number of rotatable bonds is 6. The van der Waals surface area contributed by atoms with Gasteiger partial charge in [0.15, 0.2) is 10.8 Å². The number of ether oxygens (including phenoxy) is 1. The number of carbonyl (C=O) groups excluding carboxylic acids is 1. The lowest BCUT2D eigenvalue weighted by Crippen LogP contribution is -2.37. The molecule has 0 bridgehead atoms. The van der Waals surface area contributed by atoms with Crippen molar-refractivity contribution in [1.29, 1.82) is 0 Å². The summed E-state index contributed by atoms with van der Waals surface area (Å²) < 4.78 is 7.29. The second-order valence-electron chi connectivity index (χ2n) is 7.38. The van der Waals surface area contributed by atoms with Crippen LogP contribution in [0.4, 0.5) is 5.82 Å². The number of benzene rings is 1. The first-order chi connectivity index (χ1) is 15.7.